The lowest BCUT2D eigenvalue weighted by molar-refractivity contribution is 0.140. The topological polar surface area (TPSA) is 51.2 Å². The first kappa shape index (κ1) is 14.6. The van der Waals surface area contributed by atoms with Crippen LogP contribution >= 0.6 is 0 Å². The van der Waals surface area contributed by atoms with Crippen molar-refractivity contribution in [2.24, 2.45) is 17.2 Å². The summed E-state index contributed by atoms with van der Waals surface area (Å²) in [6, 6.07) is 10.4. The zero-order chi connectivity index (χ0) is 14.9. The van der Waals surface area contributed by atoms with Gasteiger partial charge >= 0.3 is 0 Å². The molecule has 3 nitrogen and oxygen atoms in total. The summed E-state index contributed by atoms with van der Waals surface area (Å²) in [6.07, 6.45) is 6.25. The quantitative estimate of drug-likeness (QED) is 0.626. The summed E-state index contributed by atoms with van der Waals surface area (Å²) in [5.74, 6) is 7.61. The van der Waals surface area contributed by atoms with Gasteiger partial charge in [-0.25, -0.2) is 5.43 Å². The van der Waals surface area contributed by atoms with E-state index >= 15 is 0 Å². The van der Waals surface area contributed by atoms with Crippen LogP contribution in [0.1, 0.15) is 57.8 Å². The predicted octanol–water partition coefficient (Wildman–Crippen LogP) is 4.54. The number of para-hydroxylation sites is 1. The Balaban J connectivity index is 1.98. The second-order valence-corrected chi connectivity index (χ2v) is 6.95. The van der Waals surface area contributed by atoms with Crippen LogP contribution in [-0.2, 0) is 0 Å². The molecule has 21 heavy (non-hydrogen) atoms. The summed E-state index contributed by atoms with van der Waals surface area (Å²) in [7, 11) is 0. The molecule has 114 valence electrons. The van der Waals surface area contributed by atoms with E-state index in [4.69, 9.17) is 10.3 Å². The Morgan fingerprint density at radius 3 is 2.57 bits per heavy atom. The highest BCUT2D eigenvalue weighted by Gasteiger charge is 2.43. The zero-order valence-electron chi connectivity index (χ0n) is 13.1. The Hall–Kier alpha value is -1.32. The fraction of sp³-hybridized carbons (Fsp3) is 0.556. The number of hydrogen-bond acceptors (Lipinski definition) is 3. The van der Waals surface area contributed by atoms with Gasteiger partial charge in [0, 0.05) is 5.39 Å². The third kappa shape index (κ3) is 2.72. The first-order valence-corrected chi connectivity index (χ1v) is 8.09. The fourth-order valence-electron chi connectivity index (χ4n) is 4.21. The maximum Gasteiger partial charge on any atom is 0.134 e. The van der Waals surface area contributed by atoms with Gasteiger partial charge in [-0.05, 0) is 42.7 Å². The summed E-state index contributed by atoms with van der Waals surface area (Å²) < 4.78 is 6.10. The highest BCUT2D eigenvalue weighted by atomic mass is 16.3. The van der Waals surface area contributed by atoms with E-state index in [-0.39, 0.29) is 11.5 Å². The predicted molar refractivity (Wildman–Crippen MR) is 86.6 cm³/mol. The molecule has 1 aliphatic rings. The molecule has 1 unspecified atom stereocenters. The van der Waals surface area contributed by atoms with Gasteiger partial charge < -0.3 is 4.42 Å². The van der Waals surface area contributed by atoms with E-state index in [1.807, 2.05) is 18.2 Å². The number of nitrogens with two attached hydrogens (primary N) is 1. The highest BCUT2D eigenvalue weighted by molar-refractivity contribution is 5.77. The van der Waals surface area contributed by atoms with Crippen molar-refractivity contribution in [3.8, 4) is 0 Å². The van der Waals surface area contributed by atoms with Crippen LogP contribution in [0, 0.1) is 11.3 Å². The number of hydrogen-bond donors (Lipinski definition) is 2. The Labute approximate surface area is 126 Å². The van der Waals surface area contributed by atoms with Crippen LogP contribution in [0.2, 0.25) is 0 Å². The lowest BCUT2D eigenvalue weighted by Crippen LogP contribution is -2.40. The van der Waals surface area contributed by atoms with Gasteiger partial charge in [0.25, 0.3) is 0 Å². The zero-order valence-corrected chi connectivity index (χ0v) is 13.1. The average Bonchev–Trinajstić information content (AvgIpc) is 3.06. The van der Waals surface area contributed by atoms with Gasteiger partial charge in [-0.1, -0.05) is 44.9 Å². The van der Waals surface area contributed by atoms with Crippen LogP contribution in [0.3, 0.4) is 0 Å². The molecule has 3 N–H and O–H groups in total. The van der Waals surface area contributed by atoms with Crippen LogP contribution in [0.4, 0.5) is 0 Å². The SMILES string of the molecule is CC(C)CC1(C(NN)c2cc3ccccc3o2)CCCC1. The molecule has 1 saturated carbocycles. The molecule has 1 aromatic carbocycles. The minimum Gasteiger partial charge on any atom is -0.459 e. The number of furan rings is 1. The monoisotopic (exact) mass is 286 g/mol. The van der Waals surface area contributed by atoms with E-state index < -0.39 is 0 Å². The van der Waals surface area contributed by atoms with Crippen molar-refractivity contribution in [2.75, 3.05) is 0 Å². The molecule has 0 aliphatic heterocycles. The van der Waals surface area contributed by atoms with Gasteiger partial charge in [0.05, 0.1) is 6.04 Å². The fourth-order valence-corrected chi connectivity index (χ4v) is 4.21. The van der Waals surface area contributed by atoms with E-state index in [0.29, 0.717) is 5.92 Å². The third-order valence-electron chi connectivity index (χ3n) is 4.92. The van der Waals surface area contributed by atoms with Gasteiger partial charge in [-0.3, -0.25) is 5.84 Å². The summed E-state index contributed by atoms with van der Waals surface area (Å²) in [5.41, 5.74) is 4.26. The van der Waals surface area contributed by atoms with Crippen LogP contribution in [0.15, 0.2) is 34.7 Å². The Morgan fingerprint density at radius 1 is 1.24 bits per heavy atom. The largest absolute Gasteiger partial charge is 0.459 e. The lowest BCUT2D eigenvalue weighted by atomic mass is 9.72. The molecule has 1 fully saturated rings. The van der Waals surface area contributed by atoms with Crippen molar-refractivity contribution in [2.45, 2.75) is 52.0 Å². The van der Waals surface area contributed by atoms with E-state index in [1.54, 1.807) is 0 Å². The van der Waals surface area contributed by atoms with E-state index in [9.17, 15) is 0 Å². The van der Waals surface area contributed by atoms with Crippen molar-refractivity contribution in [1.29, 1.82) is 0 Å². The molecule has 3 heteroatoms. The third-order valence-corrected chi connectivity index (χ3v) is 4.92. The van der Waals surface area contributed by atoms with Crippen LogP contribution in [0.5, 0.6) is 0 Å². The first-order chi connectivity index (χ1) is 10.1. The highest BCUT2D eigenvalue weighted by Crippen LogP contribution is 2.51. The second kappa shape index (κ2) is 5.82. The lowest BCUT2D eigenvalue weighted by Gasteiger charge is -2.37. The molecule has 1 aromatic heterocycles. The molecule has 1 atom stereocenters. The average molecular weight is 286 g/mol. The van der Waals surface area contributed by atoms with E-state index in [2.05, 4.69) is 31.4 Å². The number of benzene rings is 1. The van der Waals surface area contributed by atoms with Gasteiger partial charge in [0.1, 0.15) is 11.3 Å². The molecule has 1 aliphatic carbocycles. The van der Waals surface area contributed by atoms with Gasteiger partial charge in [-0.2, -0.15) is 0 Å². The van der Waals surface area contributed by atoms with E-state index in [1.165, 1.54) is 32.1 Å². The summed E-state index contributed by atoms with van der Waals surface area (Å²) in [6.45, 7) is 4.60. The van der Waals surface area contributed by atoms with Crippen molar-refractivity contribution in [3.63, 3.8) is 0 Å². The molecule has 3 rings (SSSR count). The van der Waals surface area contributed by atoms with Crippen molar-refractivity contribution in [3.05, 3.63) is 36.1 Å². The van der Waals surface area contributed by atoms with Crippen molar-refractivity contribution in [1.82, 2.24) is 5.43 Å². The molecule has 0 bridgehead atoms. The molecule has 2 aromatic rings. The molecule has 1 heterocycles. The van der Waals surface area contributed by atoms with E-state index in [0.717, 1.165) is 16.7 Å². The normalized spacial score (nSPS) is 19.4. The Morgan fingerprint density at radius 2 is 1.95 bits per heavy atom. The maximum absolute atomic E-state index is 6.10. The Kier molecular flexibility index (Phi) is 4.05. The van der Waals surface area contributed by atoms with Crippen LogP contribution in [0.25, 0.3) is 11.0 Å². The number of nitrogens with one attached hydrogen (secondary N) is 1. The summed E-state index contributed by atoms with van der Waals surface area (Å²) in [5, 5.41) is 1.16. The minimum atomic E-state index is 0.106. The number of hydrazine groups is 1. The van der Waals surface area contributed by atoms with Crippen molar-refractivity contribution < 1.29 is 4.42 Å². The van der Waals surface area contributed by atoms with Gasteiger partial charge in [-0.15, -0.1) is 0 Å². The van der Waals surface area contributed by atoms with Crippen molar-refractivity contribution >= 4 is 11.0 Å². The summed E-state index contributed by atoms with van der Waals surface area (Å²) >= 11 is 0. The van der Waals surface area contributed by atoms with Crippen LogP contribution < -0.4 is 11.3 Å². The molecular weight excluding hydrogens is 260 g/mol. The second-order valence-electron chi connectivity index (χ2n) is 6.95. The Bertz CT molecular complexity index is 563. The molecule has 0 saturated heterocycles. The van der Waals surface area contributed by atoms with Gasteiger partial charge in [0.15, 0.2) is 0 Å². The maximum atomic E-state index is 6.10. The molecule has 0 radical (unpaired) electrons. The first-order valence-electron chi connectivity index (χ1n) is 8.09. The minimum absolute atomic E-state index is 0.106. The standard InChI is InChI=1S/C18H26N2O/c1-13(2)12-18(9-5-6-10-18)17(20-19)16-11-14-7-3-4-8-15(14)21-16/h3-4,7-8,11,13,17,20H,5-6,9-10,12,19H2,1-2H3. The summed E-state index contributed by atoms with van der Waals surface area (Å²) in [4.78, 5) is 0. The van der Waals surface area contributed by atoms with Crippen LogP contribution in [-0.4, -0.2) is 0 Å². The molecule has 0 spiro atoms. The van der Waals surface area contributed by atoms with Gasteiger partial charge in [0.2, 0.25) is 0 Å². The molecule has 0 amide bonds. The smallest absolute Gasteiger partial charge is 0.134 e. The number of fused-ring (bicyclic) bond motifs is 1. The number of rotatable bonds is 5. The molecular formula is C18H26N2O.